The molecule has 0 aliphatic carbocycles. The zero-order chi connectivity index (χ0) is 18.8. The number of aryl methyl sites for hydroxylation is 1. The van der Waals surface area contributed by atoms with E-state index in [4.69, 9.17) is 4.98 Å². The lowest BCUT2D eigenvalue weighted by atomic mass is 10.2. The molecule has 27 heavy (non-hydrogen) atoms. The summed E-state index contributed by atoms with van der Waals surface area (Å²) in [6, 6.07) is 20.5. The van der Waals surface area contributed by atoms with E-state index >= 15 is 0 Å². The minimum Gasteiger partial charge on any atom is -0.298 e. The van der Waals surface area contributed by atoms with E-state index in [-0.39, 0.29) is 5.56 Å². The number of nitrogens with zero attached hydrogens (tertiary/aromatic N) is 4. The van der Waals surface area contributed by atoms with Gasteiger partial charge in [-0.1, -0.05) is 55.5 Å². The van der Waals surface area contributed by atoms with Gasteiger partial charge in [0.15, 0.2) is 0 Å². The zero-order valence-electron chi connectivity index (χ0n) is 15.8. The molecule has 3 aromatic rings. The zero-order valence-corrected chi connectivity index (χ0v) is 15.8. The van der Waals surface area contributed by atoms with E-state index in [1.54, 1.807) is 0 Å². The molecule has 138 valence electrons. The van der Waals surface area contributed by atoms with Crippen LogP contribution in [0.4, 0.5) is 11.6 Å². The van der Waals surface area contributed by atoms with Gasteiger partial charge in [-0.25, -0.2) is 4.98 Å². The fraction of sp³-hybridized carbons (Fsp3) is 0.273. The van der Waals surface area contributed by atoms with Crippen molar-refractivity contribution in [2.45, 2.75) is 33.5 Å². The Balaban J connectivity index is 1.79. The molecule has 2 aromatic carbocycles. The number of anilines is 2. The Kier molecular flexibility index (Phi) is 4.77. The third-order valence-corrected chi connectivity index (χ3v) is 5.04. The molecule has 0 bridgehead atoms. The molecule has 0 amide bonds. The summed E-state index contributed by atoms with van der Waals surface area (Å²) in [7, 11) is 0. The summed E-state index contributed by atoms with van der Waals surface area (Å²) in [6.45, 7) is 5.97. The molecule has 5 heteroatoms. The lowest BCUT2D eigenvalue weighted by Crippen LogP contribution is -2.47. The quantitative estimate of drug-likeness (QED) is 0.712. The third kappa shape index (κ3) is 3.38. The number of benzene rings is 2. The highest BCUT2D eigenvalue weighted by Gasteiger charge is 2.27. The highest BCUT2D eigenvalue weighted by atomic mass is 16.1. The standard InChI is InChI=1S/C22H24N4O/c1-3-20-17(2)23-22-25(19-12-8-5-9-13-19)15-24(16-26(22)21(20)27)14-18-10-6-4-7-11-18/h4-13H,3,14-16H2,1-2H3. The van der Waals surface area contributed by atoms with E-state index in [9.17, 15) is 4.79 Å². The Morgan fingerprint density at radius 3 is 2.30 bits per heavy atom. The molecule has 0 radical (unpaired) electrons. The van der Waals surface area contributed by atoms with Crippen molar-refractivity contribution >= 4 is 11.6 Å². The van der Waals surface area contributed by atoms with Crippen LogP contribution in [0.15, 0.2) is 65.5 Å². The molecular formula is C22H24N4O. The third-order valence-electron chi connectivity index (χ3n) is 5.04. The summed E-state index contributed by atoms with van der Waals surface area (Å²) in [5, 5.41) is 0. The summed E-state index contributed by atoms with van der Waals surface area (Å²) < 4.78 is 1.81. The second kappa shape index (κ2) is 7.37. The maximum atomic E-state index is 13.1. The van der Waals surface area contributed by atoms with Gasteiger partial charge in [0.2, 0.25) is 5.95 Å². The lowest BCUT2D eigenvalue weighted by Gasteiger charge is -2.38. The first-order valence-electron chi connectivity index (χ1n) is 9.36. The van der Waals surface area contributed by atoms with Crippen molar-refractivity contribution in [1.82, 2.24) is 14.5 Å². The topological polar surface area (TPSA) is 41.4 Å². The summed E-state index contributed by atoms with van der Waals surface area (Å²) in [4.78, 5) is 22.3. The smallest absolute Gasteiger partial charge is 0.259 e. The van der Waals surface area contributed by atoms with Crippen LogP contribution in [-0.4, -0.2) is 21.1 Å². The van der Waals surface area contributed by atoms with Gasteiger partial charge in [0.05, 0.1) is 13.3 Å². The largest absolute Gasteiger partial charge is 0.298 e. The minimum atomic E-state index is 0.0682. The van der Waals surface area contributed by atoms with Crippen LogP contribution in [0.1, 0.15) is 23.7 Å². The molecule has 0 spiro atoms. The molecule has 0 atom stereocenters. The first-order chi connectivity index (χ1) is 13.2. The van der Waals surface area contributed by atoms with Crippen molar-refractivity contribution in [3.63, 3.8) is 0 Å². The molecule has 0 saturated carbocycles. The Morgan fingerprint density at radius 2 is 1.63 bits per heavy atom. The van der Waals surface area contributed by atoms with Crippen LogP contribution < -0.4 is 10.5 Å². The van der Waals surface area contributed by atoms with Crippen molar-refractivity contribution in [1.29, 1.82) is 0 Å². The van der Waals surface area contributed by atoms with Crippen molar-refractivity contribution in [3.05, 3.63) is 87.8 Å². The molecule has 4 rings (SSSR count). The van der Waals surface area contributed by atoms with Gasteiger partial charge >= 0.3 is 0 Å². The van der Waals surface area contributed by atoms with E-state index in [1.165, 1.54) is 5.56 Å². The number of para-hydroxylation sites is 1. The number of rotatable bonds is 4. The Bertz CT molecular complexity index is 982. The van der Waals surface area contributed by atoms with E-state index in [1.807, 2.05) is 42.7 Å². The van der Waals surface area contributed by atoms with Gasteiger partial charge in [0.25, 0.3) is 5.56 Å². The highest BCUT2D eigenvalue weighted by molar-refractivity contribution is 5.58. The molecule has 0 saturated heterocycles. The maximum Gasteiger partial charge on any atom is 0.259 e. The van der Waals surface area contributed by atoms with Gasteiger partial charge in [-0.2, -0.15) is 0 Å². The molecule has 1 aliphatic heterocycles. The molecule has 0 unspecified atom stereocenters. The summed E-state index contributed by atoms with van der Waals surface area (Å²) >= 11 is 0. The number of hydrogen-bond donors (Lipinski definition) is 0. The van der Waals surface area contributed by atoms with Gasteiger partial charge in [-0.3, -0.25) is 19.2 Å². The van der Waals surface area contributed by atoms with Crippen LogP contribution in [0.25, 0.3) is 0 Å². The number of fused-ring (bicyclic) bond motifs is 1. The highest BCUT2D eigenvalue weighted by Crippen LogP contribution is 2.28. The Labute approximate surface area is 159 Å². The van der Waals surface area contributed by atoms with Crippen LogP contribution >= 0.6 is 0 Å². The van der Waals surface area contributed by atoms with Crippen molar-refractivity contribution in [3.8, 4) is 0 Å². The van der Waals surface area contributed by atoms with Crippen molar-refractivity contribution in [2.75, 3.05) is 11.6 Å². The van der Waals surface area contributed by atoms with Gasteiger partial charge in [0.1, 0.15) is 0 Å². The number of hydrogen-bond acceptors (Lipinski definition) is 4. The summed E-state index contributed by atoms with van der Waals surface area (Å²) in [5.74, 6) is 0.727. The second-order valence-corrected chi connectivity index (χ2v) is 6.92. The first kappa shape index (κ1) is 17.5. The average Bonchev–Trinajstić information content (AvgIpc) is 2.70. The van der Waals surface area contributed by atoms with Gasteiger partial charge in [-0.15, -0.1) is 0 Å². The minimum absolute atomic E-state index is 0.0682. The summed E-state index contributed by atoms with van der Waals surface area (Å²) in [5.41, 5.74) is 3.97. The predicted molar refractivity (Wildman–Crippen MR) is 108 cm³/mol. The van der Waals surface area contributed by atoms with E-state index in [0.717, 1.165) is 29.4 Å². The summed E-state index contributed by atoms with van der Waals surface area (Å²) in [6.07, 6.45) is 0.696. The molecular weight excluding hydrogens is 336 g/mol. The Hall–Kier alpha value is -2.92. The molecule has 2 heterocycles. The van der Waals surface area contributed by atoms with Gasteiger partial charge in [-0.05, 0) is 31.0 Å². The molecule has 0 N–H and O–H groups in total. The second-order valence-electron chi connectivity index (χ2n) is 6.92. The van der Waals surface area contributed by atoms with Crippen LogP contribution in [0.2, 0.25) is 0 Å². The van der Waals surface area contributed by atoms with Gasteiger partial charge in [0, 0.05) is 23.5 Å². The predicted octanol–water partition coefficient (Wildman–Crippen LogP) is 3.68. The van der Waals surface area contributed by atoms with E-state index in [2.05, 4.69) is 46.2 Å². The van der Waals surface area contributed by atoms with Crippen LogP contribution in [0.5, 0.6) is 0 Å². The fourth-order valence-electron chi connectivity index (χ4n) is 3.68. The van der Waals surface area contributed by atoms with E-state index < -0.39 is 0 Å². The van der Waals surface area contributed by atoms with Crippen LogP contribution in [0.3, 0.4) is 0 Å². The first-order valence-corrected chi connectivity index (χ1v) is 9.36. The SMILES string of the molecule is CCc1c(C)nc2n(c1=O)CN(Cc1ccccc1)CN2c1ccccc1. The molecule has 5 nitrogen and oxygen atoms in total. The Morgan fingerprint density at radius 1 is 0.963 bits per heavy atom. The normalized spacial score (nSPS) is 14.2. The van der Waals surface area contributed by atoms with Crippen molar-refractivity contribution in [2.24, 2.45) is 0 Å². The van der Waals surface area contributed by atoms with Crippen molar-refractivity contribution < 1.29 is 0 Å². The van der Waals surface area contributed by atoms with Crippen LogP contribution in [0, 0.1) is 6.92 Å². The molecule has 1 aromatic heterocycles. The van der Waals surface area contributed by atoms with Gasteiger partial charge < -0.3 is 0 Å². The lowest BCUT2D eigenvalue weighted by molar-refractivity contribution is 0.189. The molecule has 0 fully saturated rings. The van der Waals surface area contributed by atoms with E-state index in [0.29, 0.717) is 19.8 Å². The average molecular weight is 360 g/mol. The monoisotopic (exact) mass is 360 g/mol. The number of aromatic nitrogens is 2. The molecule has 1 aliphatic rings. The fourth-order valence-corrected chi connectivity index (χ4v) is 3.68. The maximum absolute atomic E-state index is 13.1. The van der Waals surface area contributed by atoms with Crippen LogP contribution in [-0.2, 0) is 19.6 Å².